The number of hydrogen-bond donors (Lipinski definition) is 1. The van der Waals surface area contributed by atoms with E-state index in [-0.39, 0.29) is 10.9 Å². The van der Waals surface area contributed by atoms with Gasteiger partial charge >= 0.3 is 0 Å². The van der Waals surface area contributed by atoms with Crippen molar-refractivity contribution >= 4 is 28.8 Å². The Morgan fingerprint density at radius 3 is 2.48 bits per heavy atom. The summed E-state index contributed by atoms with van der Waals surface area (Å²) in [6, 6.07) is 15.3. The van der Waals surface area contributed by atoms with Crippen molar-refractivity contribution in [2.75, 3.05) is 11.9 Å². The van der Waals surface area contributed by atoms with E-state index < -0.39 is 22.4 Å². The maximum atomic E-state index is 13.3. The Morgan fingerprint density at radius 1 is 1.16 bits per heavy atom. The summed E-state index contributed by atoms with van der Waals surface area (Å²) in [6.45, 7) is 0. The number of anilines is 1. The molecular weight excluding hydrogens is 338 g/mol. The number of para-hydroxylation sites is 1. The van der Waals surface area contributed by atoms with Crippen LogP contribution in [0.2, 0.25) is 0 Å². The second-order valence-electron chi connectivity index (χ2n) is 6.30. The molecule has 1 fully saturated rings. The van der Waals surface area contributed by atoms with Crippen molar-refractivity contribution < 1.29 is 9.72 Å². The maximum absolute atomic E-state index is 13.3. The van der Waals surface area contributed by atoms with Crippen molar-refractivity contribution in [1.29, 1.82) is 0 Å². The first-order valence-corrected chi connectivity index (χ1v) is 8.27. The van der Waals surface area contributed by atoms with Gasteiger partial charge in [0.2, 0.25) is 0 Å². The lowest BCUT2D eigenvalue weighted by atomic mass is 9.75. The minimum Gasteiger partial charge on any atom is -0.356 e. The Bertz CT molecular complexity index is 901. The van der Waals surface area contributed by atoms with E-state index in [9.17, 15) is 14.9 Å². The zero-order chi connectivity index (χ0) is 17.8. The standard InChI is InChI=1S/C18H15N3O3S/c1-20-13-10-6-5-9-12(13)18(17(20)22)14(11-7-3-2-4-8-11)15(21(23)24)16(25)19-18/h2-10,14-15H,1H3,(H,19,25)/t14-,15-,18-/m1/s1. The van der Waals surface area contributed by atoms with Crippen LogP contribution in [0.25, 0.3) is 0 Å². The van der Waals surface area contributed by atoms with Gasteiger partial charge in [0.1, 0.15) is 0 Å². The predicted octanol–water partition coefficient (Wildman–Crippen LogP) is 2.22. The normalized spacial score (nSPS) is 27.5. The Kier molecular flexibility index (Phi) is 3.36. The molecule has 1 spiro atoms. The van der Waals surface area contributed by atoms with Crippen molar-refractivity contribution in [2.24, 2.45) is 0 Å². The van der Waals surface area contributed by atoms with Crippen LogP contribution in [0, 0.1) is 10.1 Å². The zero-order valence-electron chi connectivity index (χ0n) is 13.4. The van der Waals surface area contributed by atoms with Crippen LogP contribution in [-0.4, -0.2) is 28.9 Å². The van der Waals surface area contributed by atoms with E-state index in [1.165, 1.54) is 0 Å². The predicted molar refractivity (Wildman–Crippen MR) is 97.2 cm³/mol. The highest BCUT2D eigenvalue weighted by Crippen LogP contribution is 2.52. The molecule has 2 aromatic carbocycles. The lowest BCUT2D eigenvalue weighted by molar-refractivity contribution is -0.505. The van der Waals surface area contributed by atoms with Crippen molar-refractivity contribution in [3.05, 3.63) is 75.8 Å². The average molecular weight is 353 g/mol. The molecule has 6 nitrogen and oxygen atoms in total. The number of benzene rings is 2. The molecule has 0 aliphatic carbocycles. The highest BCUT2D eigenvalue weighted by Gasteiger charge is 2.66. The lowest BCUT2D eigenvalue weighted by Gasteiger charge is -2.30. The van der Waals surface area contributed by atoms with E-state index in [0.717, 1.165) is 16.8 Å². The number of likely N-dealkylation sites (N-methyl/N-ethyl adjacent to an activating group) is 1. The lowest BCUT2D eigenvalue weighted by Crippen LogP contribution is -2.50. The van der Waals surface area contributed by atoms with Crippen molar-refractivity contribution in [1.82, 2.24) is 5.32 Å². The van der Waals surface area contributed by atoms with Crippen LogP contribution in [0.3, 0.4) is 0 Å². The molecule has 1 N–H and O–H groups in total. The Morgan fingerprint density at radius 2 is 1.80 bits per heavy atom. The van der Waals surface area contributed by atoms with E-state index in [1.54, 1.807) is 11.9 Å². The summed E-state index contributed by atoms with van der Waals surface area (Å²) >= 11 is 5.30. The number of rotatable bonds is 2. The van der Waals surface area contributed by atoms with Gasteiger partial charge in [0.15, 0.2) is 10.5 Å². The van der Waals surface area contributed by atoms with Crippen molar-refractivity contribution in [3.8, 4) is 0 Å². The Hall–Kier alpha value is -2.80. The van der Waals surface area contributed by atoms with Crippen LogP contribution >= 0.6 is 12.2 Å². The highest BCUT2D eigenvalue weighted by molar-refractivity contribution is 7.80. The first-order chi connectivity index (χ1) is 12.0. The van der Waals surface area contributed by atoms with Crippen molar-refractivity contribution in [3.63, 3.8) is 0 Å². The third kappa shape index (κ3) is 1.96. The summed E-state index contributed by atoms with van der Waals surface area (Å²) in [7, 11) is 1.68. The van der Waals surface area contributed by atoms with E-state index in [2.05, 4.69) is 5.32 Å². The zero-order valence-corrected chi connectivity index (χ0v) is 14.2. The SMILES string of the molecule is CN1C(=O)[C@@]2(NC(=S)[C@H]([N+](=O)[O-])[C@H]2c2ccccc2)c2ccccc21. The van der Waals surface area contributed by atoms with E-state index >= 15 is 0 Å². The van der Waals surface area contributed by atoms with Crippen molar-refractivity contribution in [2.45, 2.75) is 17.5 Å². The van der Waals surface area contributed by atoms with Crippen LogP contribution in [0.15, 0.2) is 54.6 Å². The molecule has 2 aromatic rings. The summed E-state index contributed by atoms with van der Waals surface area (Å²) in [4.78, 5) is 26.3. The fraction of sp³-hybridized carbons (Fsp3) is 0.222. The maximum Gasteiger partial charge on any atom is 0.272 e. The van der Waals surface area contributed by atoms with Crippen LogP contribution in [0.1, 0.15) is 17.0 Å². The Balaban J connectivity index is 2.01. The molecule has 0 unspecified atom stereocenters. The Labute approximate surface area is 149 Å². The third-order valence-corrected chi connectivity index (χ3v) is 5.43. The molecule has 3 atom stereocenters. The number of carbonyl (C=O) groups is 1. The fourth-order valence-corrected chi connectivity index (χ4v) is 4.44. The minimum atomic E-state index is -1.25. The van der Waals surface area contributed by atoms with Gasteiger partial charge in [0.25, 0.3) is 11.9 Å². The van der Waals surface area contributed by atoms with Gasteiger partial charge < -0.3 is 10.2 Å². The molecule has 0 aromatic heterocycles. The first kappa shape index (κ1) is 15.7. The van der Waals surface area contributed by atoms with E-state index in [0.29, 0.717) is 0 Å². The van der Waals surface area contributed by atoms with Gasteiger partial charge in [0.05, 0.1) is 5.92 Å². The third-order valence-electron chi connectivity index (χ3n) is 5.09. The van der Waals surface area contributed by atoms with E-state index in [1.807, 2.05) is 54.6 Å². The number of carbonyl (C=O) groups excluding carboxylic acids is 1. The fourth-order valence-electron chi connectivity index (χ4n) is 4.05. The van der Waals surface area contributed by atoms with Gasteiger partial charge in [-0.1, -0.05) is 60.7 Å². The van der Waals surface area contributed by atoms with Gasteiger partial charge in [-0.2, -0.15) is 0 Å². The summed E-state index contributed by atoms with van der Waals surface area (Å²) < 4.78 is 0. The molecule has 2 heterocycles. The number of amides is 1. The molecule has 4 rings (SSSR count). The molecule has 0 bridgehead atoms. The number of nitrogens with one attached hydrogen (secondary N) is 1. The van der Waals surface area contributed by atoms with Gasteiger partial charge in [-0.25, -0.2) is 0 Å². The van der Waals surface area contributed by atoms with Gasteiger partial charge in [0, 0.05) is 23.2 Å². The molecule has 0 radical (unpaired) electrons. The topological polar surface area (TPSA) is 75.5 Å². The monoisotopic (exact) mass is 353 g/mol. The minimum absolute atomic E-state index is 0.0947. The van der Waals surface area contributed by atoms with Crippen LogP contribution in [-0.2, 0) is 10.3 Å². The summed E-state index contributed by atoms with van der Waals surface area (Å²) in [5.74, 6) is -0.941. The second kappa shape index (κ2) is 5.35. The molecule has 126 valence electrons. The largest absolute Gasteiger partial charge is 0.356 e. The van der Waals surface area contributed by atoms with Gasteiger partial charge in [-0.15, -0.1) is 0 Å². The first-order valence-electron chi connectivity index (χ1n) is 7.86. The summed E-state index contributed by atoms with van der Waals surface area (Å²) in [6.07, 6.45) is 0. The quantitative estimate of drug-likeness (QED) is 0.509. The van der Waals surface area contributed by atoms with E-state index in [4.69, 9.17) is 12.2 Å². The molecule has 2 aliphatic heterocycles. The molecule has 0 saturated carbocycles. The molecule has 1 amide bonds. The number of hydrogen-bond acceptors (Lipinski definition) is 4. The average Bonchev–Trinajstić information content (AvgIpc) is 3.04. The number of thiocarbonyl (C=S) groups is 1. The van der Waals surface area contributed by atoms with Gasteiger partial charge in [-0.3, -0.25) is 14.9 Å². The van der Waals surface area contributed by atoms with Crippen LogP contribution in [0.5, 0.6) is 0 Å². The molecule has 2 aliphatic rings. The second-order valence-corrected chi connectivity index (χ2v) is 6.74. The number of nitro groups is 1. The number of fused-ring (bicyclic) bond motifs is 2. The molecule has 25 heavy (non-hydrogen) atoms. The van der Waals surface area contributed by atoms with Crippen LogP contribution in [0.4, 0.5) is 5.69 Å². The molecule has 7 heteroatoms. The van der Waals surface area contributed by atoms with Crippen LogP contribution < -0.4 is 10.2 Å². The highest BCUT2D eigenvalue weighted by atomic mass is 32.1. The summed E-state index contributed by atoms with van der Waals surface area (Å²) in [5, 5.41) is 14.8. The van der Waals surface area contributed by atoms with Gasteiger partial charge in [-0.05, 0) is 11.6 Å². The summed E-state index contributed by atoms with van der Waals surface area (Å²) in [5.41, 5.74) is 0.937. The number of nitrogens with zero attached hydrogens (tertiary/aromatic N) is 2. The molecule has 1 saturated heterocycles. The molecular formula is C18H15N3O3S. The smallest absolute Gasteiger partial charge is 0.272 e.